The zero-order valence-electron chi connectivity index (χ0n) is 10.5. The van der Waals surface area contributed by atoms with Crippen molar-refractivity contribution in [2.24, 2.45) is 0 Å². The number of piperazine rings is 1. The third-order valence-electron chi connectivity index (χ3n) is 3.23. The van der Waals surface area contributed by atoms with Crippen molar-refractivity contribution in [2.75, 3.05) is 4.90 Å². The van der Waals surface area contributed by atoms with Gasteiger partial charge < -0.3 is 5.32 Å². The molecule has 5 heteroatoms. The molecule has 1 heterocycles. The van der Waals surface area contributed by atoms with Crippen molar-refractivity contribution < 1.29 is 9.59 Å². The number of anilines is 1. The predicted molar refractivity (Wildman–Crippen MR) is 70.7 cm³/mol. The Kier molecular flexibility index (Phi) is 3.30. The van der Waals surface area contributed by atoms with Gasteiger partial charge in [-0.15, -0.1) is 0 Å². The van der Waals surface area contributed by atoms with Gasteiger partial charge in [-0.05, 0) is 38.5 Å². The molecule has 1 saturated heterocycles. The van der Waals surface area contributed by atoms with Crippen LogP contribution in [0.1, 0.15) is 19.4 Å². The van der Waals surface area contributed by atoms with Gasteiger partial charge >= 0.3 is 0 Å². The van der Waals surface area contributed by atoms with E-state index in [4.69, 9.17) is 11.6 Å². The first-order chi connectivity index (χ1) is 8.43. The van der Waals surface area contributed by atoms with Gasteiger partial charge in [0.25, 0.3) is 0 Å². The Morgan fingerprint density at radius 1 is 1.28 bits per heavy atom. The molecule has 0 spiro atoms. The van der Waals surface area contributed by atoms with Gasteiger partial charge in [-0.3, -0.25) is 14.5 Å². The molecule has 4 nitrogen and oxygen atoms in total. The summed E-state index contributed by atoms with van der Waals surface area (Å²) in [5.41, 5.74) is 1.50. The van der Waals surface area contributed by atoms with Crippen molar-refractivity contribution in [3.8, 4) is 0 Å². The van der Waals surface area contributed by atoms with Crippen LogP contribution in [-0.2, 0) is 9.59 Å². The molecule has 18 heavy (non-hydrogen) atoms. The fourth-order valence-electron chi connectivity index (χ4n) is 2.10. The van der Waals surface area contributed by atoms with E-state index in [1.165, 1.54) is 4.90 Å². The molecule has 1 aliphatic heterocycles. The summed E-state index contributed by atoms with van der Waals surface area (Å²) in [7, 11) is 0. The zero-order chi connectivity index (χ0) is 13.4. The zero-order valence-corrected chi connectivity index (χ0v) is 11.3. The summed E-state index contributed by atoms with van der Waals surface area (Å²) >= 11 is 6.06. The van der Waals surface area contributed by atoms with Gasteiger partial charge in [-0.2, -0.15) is 0 Å². The Bertz CT molecular complexity index is 516. The topological polar surface area (TPSA) is 49.4 Å². The molecule has 2 rings (SSSR count). The fourth-order valence-corrected chi connectivity index (χ4v) is 2.27. The van der Waals surface area contributed by atoms with Crippen molar-refractivity contribution in [3.05, 3.63) is 28.8 Å². The fraction of sp³-hybridized carbons (Fsp3) is 0.385. The minimum absolute atomic E-state index is 0.118. The third-order valence-corrected chi connectivity index (χ3v) is 3.64. The Morgan fingerprint density at radius 3 is 2.61 bits per heavy atom. The average Bonchev–Trinajstić information content (AvgIpc) is 2.32. The largest absolute Gasteiger partial charge is 0.343 e. The molecule has 1 fully saturated rings. The number of rotatable bonds is 1. The van der Waals surface area contributed by atoms with Crippen LogP contribution < -0.4 is 10.2 Å². The number of benzene rings is 1. The van der Waals surface area contributed by atoms with Crippen LogP contribution in [0.3, 0.4) is 0 Å². The van der Waals surface area contributed by atoms with Crippen LogP contribution in [0.5, 0.6) is 0 Å². The summed E-state index contributed by atoms with van der Waals surface area (Å²) in [5, 5.41) is 3.24. The number of amides is 2. The minimum atomic E-state index is -0.522. The van der Waals surface area contributed by atoms with Gasteiger partial charge in [0.05, 0.1) is 0 Å². The van der Waals surface area contributed by atoms with Gasteiger partial charge in [-0.25, -0.2) is 0 Å². The summed E-state index contributed by atoms with van der Waals surface area (Å²) < 4.78 is 0. The molecular weight excluding hydrogens is 252 g/mol. The molecule has 1 aromatic carbocycles. The normalized spacial score (nSPS) is 24.1. The number of nitrogens with zero attached hydrogens (tertiary/aromatic N) is 1. The van der Waals surface area contributed by atoms with Crippen molar-refractivity contribution in [3.63, 3.8) is 0 Å². The highest BCUT2D eigenvalue weighted by atomic mass is 35.5. The van der Waals surface area contributed by atoms with E-state index in [1.54, 1.807) is 32.0 Å². The van der Waals surface area contributed by atoms with Crippen molar-refractivity contribution in [1.29, 1.82) is 0 Å². The average molecular weight is 267 g/mol. The molecule has 0 aliphatic carbocycles. The second kappa shape index (κ2) is 4.61. The predicted octanol–water partition coefficient (Wildman–Crippen LogP) is 1.89. The molecule has 1 N–H and O–H groups in total. The lowest BCUT2D eigenvalue weighted by Gasteiger charge is -2.37. The smallest absolute Gasteiger partial charge is 0.250 e. The van der Waals surface area contributed by atoms with E-state index >= 15 is 0 Å². The highest BCUT2D eigenvalue weighted by Gasteiger charge is 2.37. The standard InChI is InChI=1S/C13H15ClN2O2/c1-7-10(14)5-4-6-11(7)16-9(3)12(17)15-8(2)13(16)18/h4-6,8-9H,1-3H3,(H,15,17). The number of carbonyl (C=O) groups is 2. The van der Waals surface area contributed by atoms with Crippen LogP contribution >= 0.6 is 11.6 Å². The van der Waals surface area contributed by atoms with Crippen LogP contribution in [0.25, 0.3) is 0 Å². The Morgan fingerprint density at radius 2 is 1.94 bits per heavy atom. The Hall–Kier alpha value is -1.55. The van der Waals surface area contributed by atoms with Crippen LogP contribution in [0, 0.1) is 6.92 Å². The molecule has 2 unspecified atom stereocenters. The molecular formula is C13H15ClN2O2. The monoisotopic (exact) mass is 266 g/mol. The first kappa shape index (κ1) is 12.9. The number of carbonyl (C=O) groups excluding carboxylic acids is 2. The number of hydrogen-bond donors (Lipinski definition) is 1. The van der Waals surface area contributed by atoms with Gasteiger partial charge in [0, 0.05) is 10.7 Å². The van der Waals surface area contributed by atoms with Crippen molar-refractivity contribution in [1.82, 2.24) is 5.32 Å². The van der Waals surface area contributed by atoms with E-state index < -0.39 is 12.1 Å². The lowest BCUT2D eigenvalue weighted by atomic mass is 10.1. The SMILES string of the molecule is Cc1c(Cl)cccc1N1C(=O)C(C)NC(=O)C1C. The van der Waals surface area contributed by atoms with Crippen LogP contribution in [0.2, 0.25) is 5.02 Å². The first-order valence-electron chi connectivity index (χ1n) is 5.82. The van der Waals surface area contributed by atoms with Gasteiger partial charge in [0.2, 0.25) is 11.8 Å². The summed E-state index contributed by atoms with van der Waals surface area (Å²) in [6.45, 7) is 5.23. The first-order valence-corrected chi connectivity index (χ1v) is 6.20. The molecule has 0 radical (unpaired) electrons. The summed E-state index contributed by atoms with van der Waals surface area (Å²) in [6, 6.07) is 4.32. The van der Waals surface area contributed by atoms with E-state index in [0.717, 1.165) is 5.56 Å². The second-order valence-corrected chi connectivity index (χ2v) is 4.91. The van der Waals surface area contributed by atoms with Crippen molar-refractivity contribution >= 4 is 29.1 Å². The minimum Gasteiger partial charge on any atom is -0.343 e. The Labute approximate surface area is 111 Å². The maximum absolute atomic E-state index is 12.2. The number of hydrogen-bond acceptors (Lipinski definition) is 2. The molecule has 96 valence electrons. The molecule has 1 aromatic rings. The lowest BCUT2D eigenvalue weighted by molar-refractivity contribution is -0.133. The van der Waals surface area contributed by atoms with Crippen LogP contribution in [-0.4, -0.2) is 23.9 Å². The summed E-state index contributed by atoms with van der Waals surface area (Å²) in [6.07, 6.45) is 0. The van der Waals surface area contributed by atoms with E-state index in [9.17, 15) is 9.59 Å². The van der Waals surface area contributed by atoms with Crippen molar-refractivity contribution in [2.45, 2.75) is 32.9 Å². The maximum Gasteiger partial charge on any atom is 0.250 e. The summed E-state index contributed by atoms with van der Waals surface area (Å²) in [5.74, 6) is -0.269. The highest BCUT2D eigenvalue weighted by Crippen LogP contribution is 2.29. The molecule has 0 saturated carbocycles. The quantitative estimate of drug-likeness (QED) is 0.844. The summed E-state index contributed by atoms with van der Waals surface area (Å²) in [4.78, 5) is 25.5. The van der Waals surface area contributed by atoms with Crippen LogP contribution in [0.15, 0.2) is 18.2 Å². The van der Waals surface area contributed by atoms with E-state index in [2.05, 4.69) is 5.32 Å². The van der Waals surface area contributed by atoms with Gasteiger partial charge in [-0.1, -0.05) is 17.7 Å². The van der Waals surface area contributed by atoms with Gasteiger partial charge in [0.1, 0.15) is 12.1 Å². The highest BCUT2D eigenvalue weighted by molar-refractivity contribution is 6.31. The lowest BCUT2D eigenvalue weighted by Crippen LogP contribution is -2.61. The third kappa shape index (κ3) is 1.97. The van der Waals surface area contributed by atoms with Crippen LogP contribution in [0.4, 0.5) is 5.69 Å². The van der Waals surface area contributed by atoms with E-state index in [0.29, 0.717) is 10.7 Å². The molecule has 2 amide bonds. The molecule has 0 bridgehead atoms. The molecule has 0 aromatic heterocycles. The molecule has 2 atom stereocenters. The van der Waals surface area contributed by atoms with Gasteiger partial charge in [0.15, 0.2) is 0 Å². The maximum atomic E-state index is 12.2. The number of halogens is 1. The van der Waals surface area contributed by atoms with E-state index in [-0.39, 0.29) is 11.8 Å². The van der Waals surface area contributed by atoms with E-state index in [1.807, 2.05) is 6.92 Å². The number of nitrogens with one attached hydrogen (secondary N) is 1. The second-order valence-electron chi connectivity index (χ2n) is 4.50. The Balaban J connectivity index is 2.50. The molecule has 1 aliphatic rings.